The van der Waals surface area contributed by atoms with Crippen molar-refractivity contribution in [1.29, 1.82) is 0 Å². The van der Waals surface area contributed by atoms with Crippen molar-refractivity contribution in [3.8, 4) is 5.69 Å². The van der Waals surface area contributed by atoms with E-state index >= 15 is 0 Å². The van der Waals surface area contributed by atoms with Crippen LogP contribution in [0, 0.1) is 13.8 Å². The Hall–Kier alpha value is -4.48. The molecule has 2 aliphatic carbocycles. The number of fused-ring (bicyclic) bond motifs is 15. The maximum Gasteiger partial charge on any atom is 0.252 e. The van der Waals surface area contributed by atoms with Gasteiger partial charge in [-0.2, -0.15) is 0 Å². The first kappa shape index (κ1) is 38.9. The average molecular weight is 846 g/mol. The van der Waals surface area contributed by atoms with Crippen LogP contribution in [-0.2, 0) is 21.7 Å². The highest BCUT2D eigenvalue weighted by molar-refractivity contribution is 7.26. The zero-order valence-corrected chi connectivity index (χ0v) is 40.7. The maximum absolute atomic E-state index is 2.98. The van der Waals surface area contributed by atoms with Crippen LogP contribution in [-0.4, -0.2) is 22.4 Å². The molecule has 5 heteroatoms. The van der Waals surface area contributed by atoms with Crippen LogP contribution in [0.2, 0.25) is 0 Å². The molecule has 2 saturated carbocycles. The fourth-order valence-corrected chi connectivity index (χ4v) is 16.3. The van der Waals surface area contributed by atoms with E-state index in [0.29, 0.717) is 0 Å². The Kier molecular flexibility index (Phi) is 7.33. The van der Waals surface area contributed by atoms with Crippen molar-refractivity contribution in [3.05, 3.63) is 106 Å². The highest BCUT2D eigenvalue weighted by atomic mass is 32.1. The molecule has 2 aromatic heterocycles. The second kappa shape index (κ2) is 11.9. The van der Waals surface area contributed by atoms with Crippen molar-refractivity contribution < 1.29 is 0 Å². The number of hydrogen-bond acceptors (Lipinski definition) is 3. The van der Waals surface area contributed by atoms with Gasteiger partial charge in [-0.1, -0.05) is 124 Å². The van der Waals surface area contributed by atoms with Gasteiger partial charge in [-0.05, 0) is 144 Å². The molecular formula is C58H64BN3S. The molecule has 0 bridgehead atoms. The van der Waals surface area contributed by atoms with Crippen molar-refractivity contribution in [3.63, 3.8) is 0 Å². The van der Waals surface area contributed by atoms with Crippen molar-refractivity contribution in [2.75, 3.05) is 9.80 Å². The van der Waals surface area contributed by atoms with E-state index in [4.69, 9.17) is 0 Å². The van der Waals surface area contributed by atoms with E-state index in [9.17, 15) is 0 Å². The molecule has 6 aliphatic rings. The van der Waals surface area contributed by atoms with E-state index in [1.54, 1.807) is 11.1 Å². The van der Waals surface area contributed by atoms with Gasteiger partial charge in [0.15, 0.2) is 0 Å². The molecule has 0 N–H and O–H groups in total. The highest BCUT2D eigenvalue weighted by Crippen LogP contribution is 2.65. The molecule has 7 aromatic rings. The minimum Gasteiger partial charge on any atom is -0.335 e. The van der Waals surface area contributed by atoms with Crippen molar-refractivity contribution in [2.45, 2.75) is 167 Å². The Morgan fingerprint density at radius 3 is 1.98 bits per heavy atom. The minimum atomic E-state index is -0.0535. The quantitative estimate of drug-likeness (QED) is 0.153. The number of aryl methyl sites for hydroxylation is 2. The van der Waals surface area contributed by atoms with Gasteiger partial charge in [-0.15, -0.1) is 11.3 Å². The van der Waals surface area contributed by atoms with E-state index in [0.717, 1.165) is 0 Å². The number of aromatic nitrogens is 1. The molecule has 13 rings (SSSR count). The van der Waals surface area contributed by atoms with Crippen LogP contribution in [0.3, 0.4) is 0 Å². The molecule has 320 valence electrons. The lowest BCUT2D eigenvalue weighted by Gasteiger charge is -2.53. The van der Waals surface area contributed by atoms with Gasteiger partial charge < -0.3 is 14.4 Å². The molecule has 5 aromatic carbocycles. The van der Waals surface area contributed by atoms with Crippen molar-refractivity contribution in [1.82, 2.24) is 4.57 Å². The largest absolute Gasteiger partial charge is 0.335 e. The zero-order chi connectivity index (χ0) is 43.7. The predicted molar refractivity (Wildman–Crippen MR) is 273 cm³/mol. The fraction of sp³-hybridized carbons (Fsp3) is 0.448. The summed E-state index contributed by atoms with van der Waals surface area (Å²) in [5.41, 5.74) is 22.1. The van der Waals surface area contributed by atoms with Gasteiger partial charge in [0.2, 0.25) is 0 Å². The van der Waals surface area contributed by atoms with Crippen LogP contribution in [0.5, 0.6) is 0 Å². The van der Waals surface area contributed by atoms with E-state index < -0.39 is 0 Å². The molecule has 4 unspecified atom stereocenters. The third-order valence-corrected chi connectivity index (χ3v) is 19.8. The van der Waals surface area contributed by atoms with Gasteiger partial charge in [0.25, 0.3) is 6.71 Å². The summed E-state index contributed by atoms with van der Waals surface area (Å²) < 4.78 is 4.16. The summed E-state index contributed by atoms with van der Waals surface area (Å²) in [5, 5.41) is 4.24. The smallest absolute Gasteiger partial charge is 0.252 e. The lowest BCUT2D eigenvalue weighted by molar-refractivity contribution is 0.193. The van der Waals surface area contributed by atoms with Crippen LogP contribution < -0.4 is 26.2 Å². The van der Waals surface area contributed by atoms with Crippen LogP contribution in [0.4, 0.5) is 22.7 Å². The fourth-order valence-electron chi connectivity index (χ4n) is 15.1. The standard InChI is InChI=1S/C58H64BN3S/c1-33-25-34(2)48-43(26-33)61(58(12)24-18-16-22-56(48,58)10)37-31-44-49-45(32-37)62-51-40(55(9)21-15-17-23-57(55,62)11)28-36(54(6,7)8)30-42(51)59(49)41-29-35(53(3,4)5)27-39-47-38-19-13-14-20-46(38)63-52(47)60(44)50(39)41/h13-14,19-20,25-32H,15-18,21-24H2,1-12H3. The third kappa shape index (κ3) is 4.50. The zero-order valence-electron chi connectivity index (χ0n) is 39.9. The first-order valence-corrected chi connectivity index (χ1v) is 25.2. The van der Waals surface area contributed by atoms with E-state index in [2.05, 4.69) is 170 Å². The Bertz CT molecular complexity index is 3220. The maximum atomic E-state index is 2.98. The van der Waals surface area contributed by atoms with E-state index in [-0.39, 0.29) is 39.5 Å². The predicted octanol–water partition coefficient (Wildman–Crippen LogP) is 13.8. The Morgan fingerprint density at radius 2 is 1.25 bits per heavy atom. The van der Waals surface area contributed by atoms with Gasteiger partial charge in [0, 0.05) is 60.1 Å². The number of nitrogens with zero attached hydrogens (tertiary/aromatic N) is 3. The van der Waals surface area contributed by atoms with Gasteiger partial charge in [-0.3, -0.25) is 0 Å². The van der Waals surface area contributed by atoms with Crippen LogP contribution in [0.25, 0.3) is 36.9 Å². The first-order chi connectivity index (χ1) is 29.8. The first-order valence-electron chi connectivity index (χ1n) is 24.4. The molecule has 4 atom stereocenters. The van der Waals surface area contributed by atoms with Gasteiger partial charge in [-0.25, -0.2) is 0 Å². The molecule has 0 radical (unpaired) electrons. The summed E-state index contributed by atoms with van der Waals surface area (Å²) in [6.07, 6.45) is 9.99. The molecule has 4 aliphatic heterocycles. The minimum absolute atomic E-state index is 0.00873. The van der Waals surface area contributed by atoms with Crippen LogP contribution >= 0.6 is 11.3 Å². The molecule has 2 fully saturated rings. The summed E-state index contributed by atoms with van der Waals surface area (Å²) >= 11 is 2.00. The summed E-state index contributed by atoms with van der Waals surface area (Å²) in [7, 11) is 0. The van der Waals surface area contributed by atoms with Crippen LogP contribution in [0.1, 0.15) is 154 Å². The molecule has 0 spiro atoms. The second-order valence-corrected chi connectivity index (χ2v) is 25.2. The lowest BCUT2D eigenvalue weighted by Crippen LogP contribution is -2.64. The van der Waals surface area contributed by atoms with Gasteiger partial charge in [0.05, 0.1) is 16.6 Å². The average Bonchev–Trinajstić information content (AvgIpc) is 3.87. The summed E-state index contributed by atoms with van der Waals surface area (Å²) in [5.74, 6) is 0. The number of rotatable bonds is 1. The number of benzene rings is 5. The molecule has 0 saturated heterocycles. The van der Waals surface area contributed by atoms with Crippen molar-refractivity contribution >= 4 is 88.4 Å². The highest BCUT2D eigenvalue weighted by Gasteiger charge is 2.63. The third-order valence-electron chi connectivity index (χ3n) is 18.7. The monoisotopic (exact) mass is 845 g/mol. The molecule has 6 heterocycles. The Balaban J connectivity index is 1.23. The summed E-state index contributed by atoms with van der Waals surface area (Å²) in [4.78, 5) is 7.26. The van der Waals surface area contributed by atoms with Crippen molar-refractivity contribution in [2.24, 2.45) is 0 Å². The number of thiophene rings is 1. The number of anilines is 4. The SMILES string of the molecule is Cc1cc(C)c2c(c1)N(c1cc3c4c(c1)-n1c5sc6ccccc6c5c5cc(C(C)(C)C)cc(c51)B4c1cc(C(C)(C)C)cc4c1N3C1(C)CCCCC41C)C1(C)CCCCC21C. The Morgan fingerprint density at radius 1 is 0.619 bits per heavy atom. The summed E-state index contributed by atoms with van der Waals surface area (Å²) in [6.45, 7) is 30.0. The molecule has 63 heavy (non-hydrogen) atoms. The van der Waals surface area contributed by atoms with Gasteiger partial charge in [0.1, 0.15) is 4.83 Å². The Labute approximate surface area is 380 Å². The molecule has 0 amide bonds. The van der Waals surface area contributed by atoms with E-state index in [1.165, 1.54) is 150 Å². The van der Waals surface area contributed by atoms with E-state index in [1.807, 2.05) is 11.3 Å². The topological polar surface area (TPSA) is 11.4 Å². The van der Waals surface area contributed by atoms with Gasteiger partial charge >= 0.3 is 0 Å². The summed E-state index contributed by atoms with van der Waals surface area (Å²) in [6, 6.07) is 30.3. The second-order valence-electron chi connectivity index (χ2n) is 24.1. The number of hydrogen-bond donors (Lipinski definition) is 0. The normalized spacial score (nSPS) is 26.7. The molecular weight excluding hydrogens is 782 g/mol. The van der Waals surface area contributed by atoms with Crippen LogP contribution in [0.15, 0.2) is 72.8 Å². The molecule has 3 nitrogen and oxygen atoms in total. The lowest BCUT2D eigenvalue weighted by atomic mass is 9.33.